The molecule has 1 amide bonds. The van der Waals surface area contributed by atoms with Gasteiger partial charge in [-0.05, 0) is 65.8 Å². The molecule has 1 aromatic carbocycles. The van der Waals surface area contributed by atoms with Crippen molar-refractivity contribution < 1.29 is 4.79 Å². The lowest BCUT2D eigenvalue weighted by Gasteiger charge is -2.18. The number of aryl methyl sites for hydroxylation is 1. The molecule has 0 saturated heterocycles. The van der Waals surface area contributed by atoms with Crippen LogP contribution in [0.15, 0.2) is 42.7 Å². The molecule has 3 rings (SSSR count). The number of fused-ring (bicyclic) bond motifs is 1. The first-order valence-electron chi connectivity index (χ1n) is 8.80. The molecule has 0 radical (unpaired) electrons. The molecule has 0 saturated carbocycles. The van der Waals surface area contributed by atoms with E-state index in [1.54, 1.807) is 6.20 Å². The van der Waals surface area contributed by atoms with E-state index in [1.807, 2.05) is 18.3 Å². The van der Waals surface area contributed by atoms with Crippen LogP contribution in [-0.2, 0) is 11.2 Å². The number of amides is 1. The molecule has 2 heterocycles. The molecule has 0 aliphatic carbocycles. The van der Waals surface area contributed by atoms with Gasteiger partial charge in [-0.25, -0.2) is 0 Å². The van der Waals surface area contributed by atoms with Crippen molar-refractivity contribution in [1.29, 1.82) is 0 Å². The molecule has 3 nitrogen and oxygen atoms in total. The van der Waals surface area contributed by atoms with Crippen molar-refractivity contribution in [3.8, 4) is 0 Å². The number of aromatic nitrogens is 1. The van der Waals surface area contributed by atoms with E-state index in [-0.39, 0.29) is 5.91 Å². The Morgan fingerprint density at radius 3 is 2.96 bits per heavy atom. The molecule has 0 fully saturated rings. The van der Waals surface area contributed by atoms with Crippen LogP contribution in [0.2, 0.25) is 0 Å². The largest absolute Gasteiger partial charge is 0.326 e. The Kier molecular flexibility index (Phi) is 5.42. The van der Waals surface area contributed by atoms with Gasteiger partial charge in [-0.3, -0.25) is 9.78 Å². The van der Waals surface area contributed by atoms with E-state index in [9.17, 15) is 4.79 Å². The molecule has 1 aliphatic heterocycles. The zero-order chi connectivity index (χ0) is 16.8. The van der Waals surface area contributed by atoms with Gasteiger partial charge in [0.25, 0.3) is 0 Å². The molecule has 3 heteroatoms. The number of carbonyl (C=O) groups is 1. The highest BCUT2D eigenvalue weighted by Crippen LogP contribution is 2.30. The minimum atomic E-state index is 0.115. The van der Waals surface area contributed by atoms with Crippen LogP contribution >= 0.6 is 0 Å². The molecule has 2 aromatic rings. The number of hydrogen-bond donors (Lipinski definition) is 1. The molecule has 0 atom stereocenters. The number of carbonyl (C=O) groups excluding carboxylic acids is 1. The van der Waals surface area contributed by atoms with Crippen molar-refractivity contribution in [3.63, 3.8) is 0 Å². The van der Waals surface area contributed by atoms with E-state index >= 15 is 0 Å². The van der Waals surface area contributed by atoms with Crippen LogP contribution in [0.5, 0.6) is 0 Å². The van der Waals surface area contributed by atoms with Gasteiger partial charge in [-0.2, -0.15) is 0 Å². The maximum Gasteiger partial charge on any atom is 0.224 e. The lowest BCUT2D eigenvalue weighted by Crippen LogP contribution is -2.18. The first-order valence-corrected chi connectivity index (χ1v) is 8.80. The summed E-state index contributed by atoms with van der Waals surface area (Å²) in [5.41, 5.74) is 5.93. The van der Waals surface area contributed by atoms with Crippen LogP contribution in [0.4, 0.5) is 5.69 Å². The zero-order valence-corrected chi connectivity index (χ0v) is 14.2. The minimum Gasteiger partial charge on any atom is -0.326 e. The monoisotopic (exact) mass is 320 g/mol. The standard InChI is InChI=1S/C21H24N2O/c1-2-3-4-7-17(13-16-6-5-12-22-15-16)18-8-10-20-19(14-18)9-11-21(24)23-20/h5-6,8,10,12-15H,2-4,7,9,11H2,1H3,(H,23,24)/b17-13+. The average Bonchev–Trinajstić information content (AvgIpc) is 2.61. The summed E-state index contributed by atoms with van der Waals surface area (Å²) in [5.74, 6) is 0.115. The van der Waals surface area contributed by atoms with E-state index in [2.05, 4.69) is 41.5 Å². The van der Waals surface area contributed by atoms with E-state index in [4.69, 9.17) is 0 Å². The highest BCUT2D eigenvalue weighted by Gasteiger charge is 2.15. The number of anilines is 1. The Hall–Kier alpha value is -2.42. The van der Waals surface area contributed by atoms with Gasteiger partial charge in [-0.15, -0.1) is 0 Å². The SMILES string of the molecule is CCCCC/C(=C\c1cccnc1)c1ccc2c(c1)CCC(=O)N2. The van der Waals surface area contributed by atoms with Gasteiger partial charge in [0.2, 0.25) is 5.91 Å². The fourth-order valence-electron chi connectivity index (χ4n) is 3.11. The normalized spacial score (nSPS) is 14.2. The van der Waals surface area contributed by atoms with Gasteiger partial charge in [0.15, 0.2) is 0 Å². The highest BCUT2D eigenvalue weighted by atomic mass is 16.1. The molecule has 0 spiro atoms. The second kappa shape index (κ2) is 7.91. The fourth-order valence-corrected chi connectivity index (χ4v) is 3.11. The predicted octanol–water partition coefficient (Wildman–Crippen LogP) is 5.09. The number of nitrogens with one attached hydrogen (secondary N) is 1. The van der Waals surface area contributed by atoms with Gasteiger partial charge in [-0.1, -0.05) is 31.9 Å². The van der Waals surface area contributed by atoms with E-state index < -0.39 is 0 Å². The van der Waals surface area contributed by atoms with Crippen molar-refractivity contribution in [3.05, 3.63) is 59.4 Å². The van der Waals surface area contributed by atoms with Crippen LogP contribution in [0.25, 0.3) is 11.6 Å². The molecule has 0 bridgehead atoms. The molecule has 124 valence electrons. The Morgan fingerprint density at radius 1 is 1.25 bits per heavy atom. The Labute approximate surface area is 143 Å². The third-order valence-corrected chi connectivity index (χ3v) is 4.45. The average molecular weight is 320 g/mol. The van der Waals surface area contributed by atoms with Crippen LogP contribution in [0.3, 0.4) is 0 Å². The molecule has 1 aliphatic rings. The number of pyridine rings is 1. The first kappa shape index (κ1) is 16.4. The topological polar surface area (TPSA) is 42.0 Å². The van der Waals surface area contributed by atoms with Crippen LogP contribution in [0, 0.1) is 0 Å². The van der Waals surface area contributed by atoms with Crippen molar-refractivity contribution in [1.82, 2.24) is 4.98 Å². The lowest BCUT2D eigenvalue weighted by molar-refractivity contribution is -0.116. The van der Waals surface area contributed by atoms with E-state index in [0.717, 1.165) is 24.1 Å². The zero-order valence-electron chi connectivity index (χ0n) is 14.2. The van der Waals surface area contributed by atoms with Gasteiger partial charge in [0.1, 0.15) is 0 Å². The Morgan fingerprint density at radius 2 is 2.17 bits per heavy atom. The predicted molar refractivity (Wildman–Crippen MR) is 99.6 cm³/mol. The summed E-state index contributed by atoms with van der Waals surface area (Å²) in [6.07, 6.45) is 12.1. The second-order valence-corrected chi connectivity index (χ2v) is 6.33. The summed E-state index contributed by atoms with van der Waals surface area (Å²) in [6.45, 7) is 2.23. The number of rotatable bonds is 6. The van der Waals surface area contributed by atoms with Gasteiger partial charge < -0.3 is 5.32 Å². The third-order valence-electron chi connectivity index (χ3n) is 4.45. The van der Waals surface area contributed by atoms with Gasteiger partial charge in [0.05, 0.1) is 0 Å². The third kappa shape index (κ3) is 4.10. The van der Waals surface area contributed by atoms with Crippen molar-refractivity contribution >= 4 is 23.2 Å². The first-order chi connectivity index (χ1) is 11.8. The van der Waals surface area contributed by atoms with E-state index in [0.29, 0.717) is 6.42 Å². The summed E-state index contributed by atoms with van der Waals surface area (Å²) < 4.78 is 0. The van der Waals surface area contributed by atoms with Crippen LogP contribution in [-0.4, -0.2) is 10.9 Å². The number of hydrogen-bond acceptors (Lipinski definition) is 2. The number of allylic oxidation sites excluding steroid dienone is 1. The van der Waals surface area contributed by atoms with Crippen LogP contribution in [0.1, 0.15) is 55.7 Å². The lowest BCUT2D eigenvalue weighted by atomic mass is 9.93. The molecule has 0 unspecified atom stereocenters. The van der Waals surface area contributed by atoms with Crippen molar-refractivity contribution in [2.75, 3.05) is 5.32 Å². The quantitative estimate of drug-likeness (QED) is 0.753. The summed E-state index contributed by atoms with van der Waals surface area (Å²) in [5, 5.41) is 2.96. The summed E-state index contributed by atoms with van der Waals surface area (Å²) in [4.78, 5) is 15.7. The minimum absolute atomic E-state index is 0.115. The molecule has 1 N–H and O–H groups in total. The van der Waals surface area contributed by atoms with Crippen molar-refractivity contribution in [2.24, 2.45) is 0 Å². The summed E-state index contributed by atoms with van der Waals surface area (Å²) in [6, 6.07) is 10.5. The number of benzene rings is 1. The summed E-state index contributed by atoms with van der Waals surface area (Å²) in [7, 11) is 0. The number of unbranched alkanes of at least 4 members (excludes halogenated alkanes) is 2. The van der Waals surface area contributed by atoms with Gasteiger partial charge in [0, 0.05) is 24.5 Å². The van der Waals surface area contributed by atoms with Crippen LogP contribution < -0.4 is 5.32 Å². The summed E-state index contributed by atoms with van der Waals surface area (Å²) >= 11 is 0. The Balaban J connectivity index is 1.90. The van der Waals surface area contributed by atoms with E-state index in [1.165, 1.54) is 36.0 Å². The molecule has 1 aromatic heterocycles. The second-order valence-electron chi connectivity index (χ2n) is 6.33. The maximum atomic E-state index is 11.5. The Bertz CT molecular complexity index is 735. The fraction of sp³-hybridized carbons (Fsp3) is 0.333. The highest BCUT2D eigenvalue weighted by molar-refractivity contribution is 5.94. The maximum absolute atomic E-state index is 11.5. The smallest absolute Gasteiger partial charge is 0.224 e. The van der Waals surface area contributed by atoms with Gasteiger partial charge >= 0.3 is 0 Å². The van der Waals surface area contributed by atoms with Crippen molar-refractivity contribution in [2.45, 2.75) is 45.4 Å². The molecular weight excluding hydrogens is 296 g/mol. The molecule has 24 heavy (non-hydrogen) atoms. The molecular formula is C21H24N2O. The number of nitrogens with zero attached hydrogens (tertiary/aromatic N) is 1.